The third-order valence-corrected chi connectivity index (χ3v) is 2.36. The number of rotatable bonds is 3. The predicted octanol–water partition coefficient (Wildman–Crippen LogP) is 2.01. The summed E-state index contributed by atoms with van der Waals surface area (Å²) in [6.07, 6.45) is 3.19. The van der Waals surface area contributed by atoms with E-state index in [4.69, 9.17) is 0 Å². The minimum absolute atomic E-state index is 0.364. The van der Waals surface area contributed by atoms with Crippen molar-refractivity contribution < 1.29 is 9.77 Å². The first kappa shape index (κ1) is 11.1. The molecule has 0 unspecified atom stereocenters. The maximum atomic E-state index is 9.42. The van der Waals surface area contributed by atoms with Crippen LogP contribution in [0.2, 0.25) is 0 Å². The lowest BCUT2D eigenvalue weighted by atomic mass is 10.3. The van der Waals surface area contributed by atoms with E-state index >= 15 is 0 Å². The maximum absolute atomic E-state index is 9.42. The summed E-state index contributed by atoms with van der Waals surface area (Å²) in [6.45, 7) is 0. The summed E-state index contributed by atoms with van der Waals surface area (Å²) in [7, 11) is 3.64. The predicted molar refractivity (Wildman–Crippen MR) is 63.0 cm³/mol. The molecule has 2 aromatic rings. The molecule has 88 valence electrons. The summed E-state index contributed by atoms with van der Waals surface area (Å²) in [5.41, 5.74) is 1.74. The Bertz CT molecular complexity index is 510. The van der Waals surface area contributed by atoms with Gasteiger partial charge < -0.3 is 10.5 Å². The number of hydrogen-bond donors (Lipinski definition) is 2. The van der Waals surface area contributed by atoms with Crippen LogP contribution in [0.15, 0.2) is 46.9 Å². The Kier molecular flexibility index (Phi) is 3.04. The van der Waals surface area contributed by atoms with Crippen LogP contribution in [0.1, 0.15) is 0 Å². The van der Waals surface area contributed by atoms with Crippen LogP contribution in [0.4, 0.5) is 17.3 Å². The van der Waals surface area contributed by atoms with E-state index in [1.54, 1.807) is 17.8 Å². The zero-order chi connectivity index (χ0) is 12.3. The van der Waals surface area contributed by atoms with Crippen molar-refractivity contribution in [2.45, 2.75) is 0 Å². The third kappa shape index (κ3) is 2.41. The Morgan fingerprint density at radius 3 is 2.47 bits per heavy atom. The van der Waals surface area contributed by atoms with Crippen LogP contribution in [0.25, 0.3) is 0 Å². The Morgan fingerprint density at radius 1 is 1.24 bits per heavy atom. The molecule has 1 heterocycles. The standard InChI is InChI=1S/C11H13N5O/c1-12-9-3-5-10(6-4-9)13-14-11-15(2)7-8-16(11)17/h3-8,17H,1-2H3/p+1. The molecule has 0 saturated carbocycles. The molecule has 6 heteroatoms. The van der Waals surface area contributed by atoms with E-state index in [-0.39, 0.29) is 0 Å². The van der Waals surface area contributed by atoms with E-state index in [1.165, 1.54) is 6.20 Å². The van der Waals surface area contributed by atoms with E-state index in [0.29, 0.717) is 5.95 Å². The summed E-state index contributed by atoms with van der Waals surface area (Å²) >= 11 is 0. The number of aromatic nitrogens is 2. The zero-order valence-corrected chi connectivity index (χ0v) is 9.70. The van der Waals surface area contributed by atoms with Crippen molar-refractivity contribution in [2.24, 2.45) is 17.3 Å². The van der Waals surface area contributed by atoms with E-state index in [0.717, 1.165) is 16.1 Å². The molecule has 17 heavy (non-hydrogen) atoms. The lowest BCUT2D eigenvalue weighted by molar-refractivity contribution is -0.658. The quantitative estimate of drug-likeness (QED) is 0.483. The first-order valence-electron chi connectivity index (χ1n) is 5.16. The van der Waals surface area contributed by atoms with E-state index < -0.39 is 0 Å². The Morgan fingerprint density at radius 2 is 1.94 bits per heavy atom. The van der Waals surface area contributed by atoms with Crippen molar-refractivity contribution in [3.8, 4) is 0 Å². The smallest absolute Gasteiger partial charge is 0.388 e. The number of imidazole rings is 1. The summed E-state index contributed by atoms with van der Waals surface area (Å²) in [4.78, 5) is 0. The lowest BCUT2D eigenvalue weighted by Crippen LogP contribution is -2.25. The normalized spacial score (nSPS) is 10.9. The SMILES string of the molecule is CNc1ccc(N=Nc2n(O)cc[n+]2C)cc1. The second-order valence-corrected chi connectivity index (χ2v) is 3.55. The number of nitrogens with zero attached hydrogens (tertiary/aromatic N) is 4. The van der Waals surface area contributed by atoms with Gasteiger partial charge in [0.1, 0.15) is 18.1 Å². The molecular weight excluding hydrogens is 218 g/mol. The van der Waals surface area contributed by atoms with Crippen LogP contribution in [-0.4, -0.2) is 17.0 Å². The molecule has 0 atom stereocenters. The summed E-state index contributed by atoms with van der Waals surface area (Å²) in [5, 5.41) is 20.5. The van der Waals surface area contributed by atoms with Crippen molar-refractivity contribution in [1.29, 1.82) is 0 Å². The highest BCUT2D eigenvalue weighted by molar-refractivity contribution is 5.50. The summed E-state index contributed by atoms with van der Waals surface area (Å²) in [5.74, 6) is 0.364. The van der Waals surface area contributed by atoms with Crippen LogP contribution >= 0.6 is 0 Å². The molecule has 0 amide bonds. The number of hydrogen-bond acceptors (Lipinski definition) is 4. The fourth-order valence-corrected chi connectivity index (χ4v) is 1.37. The molecule has 1 aromatic heterocycles. The zero-order valence-electron chi connectivity index (χ0n) is 9.70. The maximum Gasteiger partial charge on any atom is 0.457 e. The van der Waals surface area contributed by atoms with E-state index in [2.05, 4.69) is 15.5 Å². The van der Waals surface area contributed by atoms with Crippen LogP contribution in [0.5, 0.6) is 0 Å². The van der Waals surface area contributed by atoms with Crippen LogP contribution in [-0.2, 0) is 7.05 Å². The van der Waals surface area contributed by atoms with Crippen LogP contribution < -0.4 is 9.88 Å². The number of nitrogens with one attached hydrogen (secondary N) is 1. The number of azo groups is 1. The average Bonchev–Trinajstić information content (AvgIpc) is 2.67. The van der Waals surface area contributed by atoms with Gasteiger partial charge in [-0.25, -0.2) is 4.57 Å². The first-order chi connectivity index (χ1) is 8.20. The molecule has 1 aromatic carbocycles. The second kappa shape index (κ2) is 4.65. The topological polar surface area (TPSA) is 65.8 Å². The molecule has 0 aliphatic rings. The lowest BCUT2D eigenvalue weighted by Gasteiger charge is -1.97. The molecule has 0 spiro atoms. The van der Waals surface area contributed by atoms with Crippen LogP contribution in [0.3, 0.4) is 0 Å². The minimum atomic E-state index is 0.364. The Labute approximate surface area is 98.8 Å². The van der Waals surface area contributed by atoms with Gasteiger partial charge in [-0.2, -0.15) is 0 Å². The molecule has 0 radical (unpaired) electrons. The largest absolute Gasteiger partial charge is 0.457 e. The van der Waals surface area contributed by atoms with Gasteiger partial charge in [-0.3, -0.25) is 0 Å². The highest BCUT2D eigenvalue weighted by Gasteiger charge is 2.12. The molecule has 2 N–H and O–H groups in total. The van der Waals surface area contributed by atoms with Gasteiger partial charge in [-0.05, 0) is 24.3 Å². The highest BCUT2D eigenvalue weighted by Crippen LogP contribution is 2.18. The number of anilines is 1. The highest BCUT2D eigenvalue weighted by atomic mass is 16.5. The fraction of sp³-hybridized carbons (Fsp3) is 0.182. The number of benzene rings is 1. The summed E-state index contributed by atoms with van der Waals surface area (Å²) in [6, 6.07) is 7.51. The molecule has 0 bridgehead atoms. The monoisotopic (exact) mass is 232 g/mol. The Balaban J connectivity index is 2.20. The van der Waals surface area contributed by atoms with Gasteiger partial charge in [-0.15, -0.1) is 0 Å². The average molecular weight is 232 g/mol. The Hall–Kier alpha value is -2.37. The van der Waals surface area contributed by atoms with Gasteiger partial charge in [0.2, 0.25) is 0 Å². The molecule has 6 nitrogen and oxygen atoms in total. The van der Waals surface area contributed by atoms with Gasteiger partial charge in [0.25, 0.3) is 0 Å². The van der Waals surface area contributed by atoms with Gasteiger partial charge in [0, 0.05) is 17.8 Å². The molecule has 0 aliphatic carbocycles. The molecule has 0 fully saturated rings. The van der Waals surface area contributed by atoms with E-state index in [9.17, 15) is 5.21 Å². The molecular formula is C11H14N5O+. The van der Waals surface area contributed by atoms with Gasteiger partial charge in [0.05, 0.1) is 7.05 Å². The second-order valence-electron chi connectivity index (χ2n) is 3.55. The molecule has 2 rings (SSSR count). The minimum Gasteiger partial charge on any atom is -0.388 e. The van der Waals surface area contributed by atoms with Crippen molar-refractivity contribution in [2.75, 3.05) is 12.4 Å². The van der Waals surface area contributed by atoms with Gasteiger partial charge in [-0.1, -0.05) is 9.84 Å². The number of aryl methyl sites for hydroxylation is 1. The van der Waals surface area contributed by atoms with Crippen molar-refractivity contribution >= 4 is 17.3 Å². The van der Waals surface area contributed by atoms with Gasteiger partial charge >= 0.3 is 5.95 Å². The third-order valence-electron chi connectivity index (χ3n) is 2.36. The summed E-state index contributed by atoms with van der Waals surface area (Å²) < 4.78 is 2.59. The first-order valence-corrected chi connectivity index (χ1v) is 5.16. The fourth-order valence-electron chi connectivity index (χ4n) is 1.37. The van der Waals surface area contributed by atoms with Crippen molar-refractivity contribution in [1.82, 2.24) is 4.73 Å². The molecule has 0 aliphatic heterocycles. The van der Waals surface area contributed by atoms with Gasteiger partial charge in [0.15, 0.2) is 0 Å². The van der Waals surface area contributed by atoms with Crippen LogP contribution in [0, 0.1) is 0 Å². The van der Waals surface area contributed by atoms with E-state index in [1.807, 2.05) is 31.3 Å². The van der Waals surface area contributed by atoms with Crippen molar-refractivity contribution in [3.63, 3.8) is 0 Å². The van der Waals surface area contributed by atoms with Crippen molar-refractivity contribution in [3.05, 3.63) is 36.7 Å². The molecule has 0 saturated heterocycles.